The van der Waals surface area contributed by atoms with Crippen LogP contribution in [-0.4, -0.2) is 23.3 Å². The number of methoxy groups -OCH3 is 1. The van der Waals surface area contributed by atoms with E-state index in [-0.39, 0.29) is 12.2 Å². The number of carboxylic acid groups (broad SMARTS) is 1. The topological polar surface area (TPSA) is 66.8 Å². The molecule has 0 amide bonds. The number of rotatable bonds is 4. The predicted octanol–water partition coefficient (Wildman–Crippen LogP) is 2.18. The molecule has 0 aliphatic carbocycles. The largest absolute Gasteiger partial charge is 0.507 e. The highest BCUT2D eigenvalue weighted by atomic mass is 79.9. The SMILES string of the molecule is COc1c(CCC(=O)O)ccc(O)c1Br. The van der Waals surface area contributed by atoms with Crippen molar-refractivity contribution in [2.24, 2.45) is 0 Å². The van der Waals surface area contributed by atoms with Gasteiger partial charge in [0, 0.05) is 6.42 Å². The molecule has 0 saturated carbocycles. The van der Waals surface area contributed by atoms with Gasteiger partial charge in [0.05, 0.1) is 7.11 Å². The summed E-state index contributed by atoms with van der Waals surface area (Å²) in [6.07, 6.45) is 0.408. The molecule has 0 bridgehead atoms. The lowest BCUT2D eigenvalue weighted by molar-refractivity contribution is -0.136. The van der Waals surface area contributed by atoms with E-state index >= 15 is 0 Å². The van der Waals surface area contributed by atoms with Crippen molar-refractivity contribution in [2.75, 3.05) is 7.11 Å². The minimum absolute atomic E-state index is 0.0353. The number of hydrogen-bond donors (Lipinski definition) is 2. The summed E-state index contributed by atoms with van der Waals surface area (Å²) in [5.41, 5.74) is 0.754. The van der Waals surface area contributed by atoms with Gasteiger partial charge in [-0.3, -0.25) is 4.79 Å². The molecule has 15 heavy (non-hydrogen) atoms. The zero-order chi connectivity index (χ0) is 11.4. The van der Waals surface area contributed by atoms with Gasteiger partial charge in [-0.1, -0.05) is 6.07 Å². The van der Waals surface area contributed by atoms with Gasteiger partial charge in [-0.15, -0.1) is 0 Å². The molecule has 0 aliphatic heterocycles. The number of benzene rings is 1. The van der Waals surface area contributed by atoms with Crippen molar-refractivity contribution in [1.82, 2.24) is 0 Å². The second-order valence-electron chi connectivity index (χ2n) is 2.98. The van der Waals surface area contributed by atoms with Gasteiger partial charge >= 0.3 is 5.97 Å². The van der Waals surface area contributed by atoms with Gasteiger partial charge in [0.2, 0.25) is 0 Å². The molecule has 0 radical (unpaired) electrons. The third-order valence-corrected chi connectivity index (χ3v) is 2.74. The van der Waals surface area contributed by atoms with E-state index in [1.54, 1.807) is 6.07 Å². The Morgan fingerprint density at radius 3 is 2.73 bits per heavy atom. The molecular formula is C10H11BrO4. The molecule has 1 aromatic rings. The zero-order valence-corrected chi connectivity index (χ0v) is 9.74. The Hall–Kier alpha value is -1.23. The summed E-state index contributed by atoms with van der Waals surface area (Å²) in [7, 11) is 1.48. The summed E-state index contributed by atoms with van der Waals surface area (Å²) in [5, 5.41) is 18.0. The highest BCUT2D eigenvalue weighted by Gasteiger charge is 2.12. The number of hydrogen-bond acceptors (Lipinski definition) is 3. The summed E-state index contributed by atoms with van der Waals surface area (Å²) < 4.78 is 5.54. The first-order chi connectivity index (χ1) is 7.06. The van der Waals surface area contributed by atoms with Gasteiger partial charge in [0.25, 0.3) is 0 Å². The molecule has 0 heterocycles. The lowest BCUT2D eigenvalue weighted by Crippen LogP contribution is -2.00. The summed E-state index contributed by atoms with van der Waals surface area (Å²) >= 11 is 3.18. The molecule has 2 N–H and O–H groups in total. The Labute approximate surface area is 95.6 Å². The first-order valence-corrected chi connectivity index (χ1v) is 5.11. The van der Waals surface area contributed by atoms with Crippen LogP contribution in [-0.2, 0) is 11.2 Å². The summed E-state index contributed by atoms with van der Waals surface area (Å²) in [4.78, 5) is 10.4. The minimum Gasteiger partial charge on any atom is -0.507 e. The smallest absolute Gasteiger partial charge is 0.303 e. The van der Waals surface area contributed by atoms with E-state index in [0.29, 0.717) is 16.6 Å². The standard InChI is InChI=1S/C10H11BrO4/c1-15-10-6(3-5-8(13)14)2-4-7(12)9(10)11/h2,4,12H,3,5H2,1H3,(H,13,14). The molecule has 0 aliphatic rings. The number of aliphatic carboxylic acids is 1. The second-order valence-corrected chi connectivity index (χ2v) is 3.78. The van der Waals surface area contributed by atoms with E-state index in [4.69, 9.17) is 9.84 Å². The molecule has 5 heteroatoms. The highest BCUT2D eigenvalue weighted by molar-refractivity contribution is 9.10. The highest BCUT2D eigenvalue weighted by Crippen LogP contribution is 2.36. The summed E-state index contributed by atoms with van der Waals surface area (Å²) in [6.45, 7) is 0. The fraction of sp³-hybridized carbons (Fsp3) is 0.300. The van der Waals surface area contributed by atoms with Crippen molar-refractivity contribution in [1.29, 1.82) is 0 Å². The molecule has 4 nitrogen and oxygen atoms in total. The normalized spacial score (nSPS) is 10.0. The number of aryl methyl sites for hydroxylation is 1. The van der Waals surface area contributed by atoms with Crippen LogP contribution >= 0.6 is 15.9 Å². The number of phenolic OH excluding ortho intramolecular Hbond substituents is 1. The molecule has 0 saturated heterocycles. The number of phenols is 1. The fourth-order valence-corrected chi connectivity index (χ4v) is 1.79. The third-order valence-electron chi connectivity index (χ3n) is 1.97. The van der Waals surface area contributed by atoms with Gasteiger partial charge in [-0.2, -0.15) is 0 Å². The first kappa shape index (κ1) is 11.8. The number of halogens is 1. The van der Waals surface area contributed by atoms with Crippen molar-refractivity contribution in [3.63, 3.8) is 0 Å². The van der Waals surface area contributed by atoms with Gasteiger partial charge in [-0.25, -0.2) is 0 Å². The molecule has 0 atom stereocenters. The molecule has 0 aromatic heterocycles. The van der Waals surface area contributed by atoms with E-state index in [2.05, 4.69) is 15.9 Å². The minimum atomic E-state index is -0.860. The van der Waals surface area contributed by atoms with Crippen molar-refractivity contribution >= 4 is 21.9 Å². The zero-order valence-electron chi connectivity index (χ0n) is 8.16. The van der Waals surface area contributed by atoms with Gasteiger partial charge < -0.3 is 14.9 Å². The maximum absolute atomic E-state index is 10.4. The van der Waals surface area contributed by atoms with E-state index in [0.717, 1.165) is 5.56 Å². The number of carbonyl (C=O) groups is 1. The average molecular weight is 275 g/mol. The van der Waals surface area contributed by atoms with Crippen LogP contribution in [0.2, 0.25) is 0 Å². The maximum Gasteiger partial charge on any atom is 0.303 e. The van der Waals surface area contributed by atoms with Gasteiger partial charge in [-0.05, 0) is 34.0 Å². The van der Waals surface area contributed by atoms with Crippen LogP contribution in [0, 0.1) is 0 Å². The third kappa shape index (κ3) is 2.86. The van der Waals surface area contributed by atoms with E-state index in [1.807, 2.05) is 0 Å². The Balaban J connectivity index is 2.97. The van der Waals surface area contributed by atoms with Crippen molar-refractivity contribution in [3.05, 3.63) is 22.2 Å². The molecule has 1 rings (SSSR count). The molecular weight excluding hydrogens is 264 g/mol. The van der Waals surface area contributed by atoms with Gasteiger partial charge in [0.1, 0.15) is 16.0 Å². The second kappa shape index (κ2) is 5.02. The van der Waals surface area contributed by atoms with Crippen LogP contribution in [0.25, 0.3) is 0 Å². The summed E-state index contributed by atoms with van der Waals surface area (Å²) in [6, 6.07) is 3.16. The quantitative estimate of drug-likeness (QED) is 0.883. The average Bonchev–Trinajstić information content (AvgIpc) is 2.19. The van der Waals surface area contributed by atoms with Crippen LogP contribution in [0.3, 0.4) is 0 Å². The molecule has 0 fully saturated rings. The number of aromatic hydroxyl groups is 1. The van der Waals surface area contributed by atoms with Crippen LogP contribution in [0.1, 0.15) is 12.0 Å². The number of ether oxygens (including phenoxy) is 1. The van der Waals surface area contributed by atoms with E-state index < -0.39 is 5.97 Å². The van der Waals surface area contributed by atoms with Crippen molar-refractivity contribution in [3.8, 4) is 11.5 Å². The van der Waals surface area contributed by atoms with Crippen LogP contribution in [0.4, 0.5) is 0 Å². The van der Waals surface area contributed by atoms with Crippen molar-refractivity contribution < 1.29 is 19.7 Å². The molecule has 1 aromatic carbocycles. The Morgan fingerprint density at radius 2 is 2.20 bits per heavy atom. The van der Waals surface area contributed by atoms with E-state index in [1.165, 1.54) is 13.2 Å². The van der Waals surface area contributed by atoms with E-state index in [9.17, 15) is 9.90 Å². The maximum atomic E-state index is 10.4. The van der Waals surface area contributed by atoms with Crippen LogP contribution in [0.15, 0.2) is 16.6 Å². The van der Waals surface area contributed by atoms with Gasteiger partial charge in [0.15, 0.2) is 0 Å². The molecule has 82 valence electrons. The van der Waals surface area contributed by atoms with Crippen molar-refractivity contribution in [2.45, 2.75) is 12.8 Å². The predicted molar refractivity (Wildman–Crippen MR) is 58.3 cm³/mol. The first-order valence-electron chi connectivity index (χ1n) is 4.32. The van der Waals surface area contributed by atoms with Crippen LogP contribution in [0.5, 0.6) is 11.5 Å². The Morgan fingerprint density at radius 1 is 1.53 bits per heavy atom. The van der Waals surface area contributed by atoms with Crippen LogP contribution < -0.4 is 4.74 Å². The molecule has 0 spiro atoms. The Kier molecular flexibility index (Phi) is 3.96. The lowest BCUT2D eigenvalue weighted by atomic mass is 10.1. The fourth-order valence-electron chi connectivity index (χ4n) is 1.24. The Bertz CT molecular complexity index is 376. The lowest BCUT2D eigenvalue weighted by Gasteiger charge is -2.10. The number of carboxylic acids is 1. The monoisotopic (exact) mass is 274 g/mol. The molecule has 0 unspecified atom stereocenters. The summed E-state index contributed by atoms with van der Waals surface area (Å²) in [5.74, 6) is -0.302.